The summed E-state index contributed by atoms with van der Waals surface area (Å²) in [5.74, 6) is -0.148. The highest BCUT2D eigenvalue weighted by Crippen LogP contribution is 2.26. The van der Waals surface area contributed by atoms with E-state index >= 15 is 0 Å². The van der Waals surface area contributed by atoms with Gasteiger partial charge in [-0.15, -0.1) is 0 Å². The Labute approximate surface area is 161 Å². The molecule has 0 spiro atoms. The van der Waals surface area contributed by atoms with Crippen molar-refractivity contribution in [2.75, 3.05) is 0 Å². The van der Waals surface area contributed by atoms with Crippen LogP contribution in [0.1, 0.15) is 44.7 Å². The molecule has 0 saturated carbocycles. The Bertz CT molecular complexity index is 833. The molecule has 2 aromatic carbocycles. The topological polar surface area (TPSA) is 46.6 Å². The average molecular weight is 365 g/mol. The highest BCUT2D eigenvalue weighted by Gasteiger charge is 2.38. The van der Waals surface area contributed by atoms with Crippen molar-refractivity contribution < 1.29 is 14.3 Å². The van der Waals surface area contributed by atoms with E-state index in [2.05, 4.69) is 55.5 Å². The Morgan fingerprint density at radius 1 is 1.11 bits per heavy atom. The minimum Gasteiger partial charge on any atom is -0.443 e. The van der Waals surface area contributed by atoms with Gasteiger partial charge in [0.25, 0.3) is 0 Å². The molecular weight excluding hydrogens is 338 g/mol. The number of likely N-dealkylation sites (tertiary alicyclic amines) is 1. The van der Waals surface area contributed by atoms with Crippen molar-refractivity contribution in [3.63, 3.8) is 0 Å². The number of ether oxygens (including phenoxy) is 1. The van der Waals surface area contributed by atoms with Gasteiger partial charge in [-0.3, -0.25) is 4.79 Å². The Morgan fingerprint density at radius 3 is 2.44 bits per heavy atom. The highest BCUT2D eigenvalue weighted by atomic mass is 16.6. The van der Waals surface area contributed by atoms with Crippen molar-refractivity contribution in [3.05, 3.63) is 59.7 Å². The first-order chi connectivity index (χ1) is 12.7. The Morgan fingerprint density at radius 2 is 1.81 bits per heavy atom. The average Bonchev–Trinajstić information content (AvgIpc) is 2.94. The summed E-state index contributed by atoms with van der Waals surface area (Å²) in [5, 5.41) is 0. The van der Waals surface area contributed by atoms with Gasteiger partial charge in [-0.25, -0.2) is 9.69 Å². The van der Waals surface area contributed by atoms with E-state index in [9.17, 15) is 9.59 Å². The van der Waals surface area contributed by atoms with Crippen LogP contribution in [0.4, 0.5) is 4.79 Å². The van der Waals surface area contributed by atoms with Crippen LogP contribution >= 0.6 is 0 Å². The van der Waals surface area contributed by atoms with Crippen molar-refractivity contribution >= 4 is 12.0 Å². The minimum absolute atomic E-state index is 0.142. The molecular formula is C23H27NO3. The van der Waals surface area contributed by atoms with Crippen LogP contribution in [0.2, 0.25) is 0 Å². The second-order valence-electron chi connectivity index (χ2n) is 8.21. The van der Waals surface area contributed by atoms with Crippen LogP contribution in [0.3, 0.4) is 0 Å². The molecule has 1 heterocycles. The summed E-state index contributed by atoms with van der Waals surface area (Å²) in [6, 6.07) is 16.6. The van der Waals surface area contributed by atoms with Gasteiger partial charge in [-0.2, -0.15) is 0 Å². The summed E-state index contributed by atoms with van der Waals surface area (Å²) in [4.78, 5) is 25.9. The van der Waals surface area contributed by atoms with Gasteiger partial charge in [0.1, 0.15) is 5.60 Å². The first-order valence-electron chi connectivity index (χ1n) is 9.44. The predicted octanol–water partition coefficient (Wildman–Crippen LogP) is 5.13. The maximum Gasteiger partial charge on any atom is 0.417 e. The lowest BCUT2D eigenvalue weighted by Crippen LogP contribution is -2.43. The molecule has 4 nitrogen and oxygen atoms in total. The highest BCUT2D eigenvalue weighted by molar-refractivity contribution is 5.94. The van der Waals surface area contributed by atoms with E-state index in [4.69, 9.17) is 4.74 Å². The number of imide groups is 1. The van der Waals surface area contributed by atoms with E-state index in [1.165, 1.54) is 16.0 Å². The van der Waals surface area contributed by atoms with Gasteiger partial charge in [-0.05, 0) is 57.2 Å². The van der Waals surface area contributed by atoms with Crippen LogP contribution < -0.4 is 0 Å². The van der Waals surface area contributed by atoms with Crippen molar-refractivity contribution in [1.29, 1.82) is 0 Å². The quantitative estimate of drug-likeness (QED) is 0.757. The summed E-state index contributed by atoms with van der Waals surface area (Å²) in [7, 11) is 0. The summed E-state index contributed by atoms with van der Waals surface area (Å²) >= 11 is 0. The van der Waals surface area contributed by atoms with Crippen LogP contribution in [-0.4, -0.2) is 28.5 Å². The van der Waals surface area contributed by atoms with Crippen molar-refractivity contribution in [2.24, 2.45) is 0 Å². The molecule has 27 heavy (non-hydrogen) atoms. The predicted molar refractivity (Wildman–Crippen MR) is 106 cm³/mol. The summed E-state index contributed by atoms with van der Waals surface area (Å²) in [6.07, 6.45) is 1.19. The third kappa shape index (κ3) is 4.76. The second kappa shape index (κ2) is 7.55. The molecule has 1 aliphatic heterocycles. The first-order valence-corrected chi connectivity index (χ1v) is 9.44. The molecule has 0 radical (unpaired) electrons. The molecule has 1 aliphatic rings. The number of carbonyl (C=O) groups is 2. The number of benzene rings is 2. The lowest BCUT2D eigenvalue weighted by molar-refractivity contribution is -0.128. The molecule has 0 bridgehead atoms. The van der Waals surface area contributed by atoms with E-state index in [1.807, 2.05) is 20.8 Å². The number of hydrogen-bond acceptors (Lipinski definition) is 3. The van der Waals surface area contributed by atoms with Gasteiger partial charge in [0.05, 0.1) is 0 Å². The molecule has 142 valence electrons. The minimum atomic E-state index is -0.611. The van der Waals surface area contributed by atoms with Crippen LogP contribution in [0, 0.1) is 6.92 Å². The number of carbonyl (C=O) groups excluding carboxylic acids is 2. The molecule has 4 heteroatoms. The fourth-order valence-electron chi connectivity index (χ4n) is 3.43. The van der Waals surface area contributed by atoms with Gasteiger partial charge < -0.3 is 4.74 Å². The molecule has 1 fully saturated rings. The van der Waals surface area contributed by atoms with Crippen molar-refractivity contribution in [2.45, 2.75) is 58.6 Å². The maximum absolute atomic E-state index is 12.4. The largest absolute Gasteiger partial charge is 0.443 e. The summed E-state index contributed by atoms with van der Waals surface area (Å²) in [6.45, 7) is 7.51. The zero-order valence-corrected chi connectivity index (χ0v) is 16.5. The Kier molecular flexibility index (Phi) is 5.36. The van der Waals surface area contributed by atoms with E-state index in [1.54, 1.807) is 0 Å². The van der Waals surface area contributed by atoms with Gasteiger partial charge in [0.2, 0.25) is 5.91 Å². The smallest absolute Gasteiger partial charge is 0.417 e. The van der Waals surface area contributed by atoms with Crippen LogP contribution in [-0.2, 0) is 16.0 Å². The Hall–Kier alpha value is -2.62. The lowest BCUT2D eigenvalue weighted by Gasteiger charge is -2.27. The van der Waals surface area contributed by atoms with Gasteiger partial charge in [0, 0.05) is 12.5 Å². The molecule has 0 N–H and O–H groups in total. The van der Waals surface area contributed by atoms with E-state index in [0.717, 1.165) is 11.1 Å². The SMILES string of the molecule is Cc1cccc(-c2ccc(C[C@@H]3CCC(=O)N3C(=O)OC(C)(C)C)cc2)c1. The number of aryl methyl sites for hydroxylation is 1. The fourth-order valence-corrected chi connectivity index (χ4v) is 3.43. The molecule has 0 aromatic heterocycles. The zero-order valence-electron chi connectivity index (χ0n) is 16.5. The molecule has 2 amide bonds. The maximum atomic E-state index is 12.4. The van der Waals surface area contributed by atoms with Crippen LogP contribution in [0.5, 0.6) is 0 Å². The fraction of sp³-hybridized carbons (Fsp3) is 0.391. The number of rotatable bonds is 3. The molecule has 1 saturated heterocycles. The Balaban J connectivity index is 1.72. The normalized spacial score (nSPS) is 17.3. The zero-order chi connectivity index (χ0) is 19.6. The molecule has 2 aromatic rings. The van der Waals surface area contributed by atoms with Crippen LogP contribution in [0.25, 0.3) is 11.1 Å². The lowest BCUT2D eigenvalue weighted by atomic mass is 9.99. The monoisotopic (exact) mass is 365 g/mol. The summed E-state index contributed by atoms with van der Waals surface area (Å²) < 4.78 is 5.41. The standard InChI is InChI=1S/C23H27NO3/c1-16-6-5-7-19(14-16)18-10-8-17(9-11-18)15-20-12-13-21(25)24(20)22(26)27-23(2,3)4/h5-11,14,20H,12-13,15H2,1-4H3/t20-/m0/s1. The second-order valence-corrected chi connectivity index (χ2v) is 8.21. The molecule has 3 rings (SSSR count). The van der Waals surface area contributed by atoms with Crippen molar-refractivity contribution in [1.82, 2.24) is 4.90 Å². The van der Waals surface area contributed by atoms with E-state index in [-0.39, 0.29) is 11.9 Å². The first kappa shape index (κ1) is 19.2. The van der Waals surface area contributed by atoms with Crippen molar-refractivity contribution in [3.8, 4) is 11.1 Å². The van der Waals surface area contributed by atoms with E-state index < -0.39 is 11.7 Å². The van der Waals surface area contributed by atoms with E-state index in [0.29, 0.717) is 19.3 Å². The third-order valence-electron chi connectivity index (χ3n) is 4.69. The third-order valence-corrected chi connectivity index (χ3v) is 4.69. The molecule has 0 unspecified atom stereocenters. The number of hydrogen-bond donors (Lipinski definition) is 0. The van der Waals surface area contributed by atoms with Gasteiger partial charge in [0.15, 0.2) is 0 Å². The number of nitrogens with zero attached hydrogens (tertiary/aromatic N) is 1. The molecule has 0 aliphatic carbocycles. The molecule has 1 atom stereocenters. The van der Waals surface area contributed by atoms with Gasteiger partial charge >= 0.3 is 6.09 Å². The van der Waals surface area contributed by atoms with Crippen LogP contribution in [0.15, 0.2) is 48.5 Å². The number of amides is 2. The van der Waals surface area contributed by atoms with Gasteiger partial charge in [-0.1, -0.05) is 54.1 Å². The summed E-state index contributed by atoms with van der Waals surface area (Å²) in [5.41, 5.74) is 4.08.